The summed E-state index contributed by atoms with van der Waals surface area (Å²) in [6.07, 6.45) is 2.54. The van der Waals surface area contributed by atoms with Crippen molar-refractivity contribution < 1.29 is 12.8 Å². The predicted molar refractivity (Wildman–Crippen MR) is 83.6 cm³/mol. The summed E-state index contributed by atoms with van der Waals surface area (Å²) in [5, 5.41) is 0. The first kappa shape index (κ1) is 18.4. The van der Waals surface area contributed by atoms with Crippen LogP contribution in [0.5, 0.6) is 0 Å². The SMILES string of the molecule is Cc1ccc(F)cc1S(=O)(=O)N1CCCCC1C(C)N.Cl. The van der Waals surface area contributed by atoms with Crippen molar-refractivity contribution in [1.82, 2.24) is 4.31 Å². The number of hydrogen-bond acceptors (Lipinski definition) is 3. The lowest BCUT2D eigenvalue weighted by molar-refractivity contribution is 0.227. The zero-order chi connectivity index (χ0) is 14.9. The average Bonchev–Trinajstić information content (AvgIpc) is 2.41. The molecule has 0 aromatic heterocycles. The van der Waals surface area contributed by atoms with Crippen molar-refractivity contribution in [1.29, 1.82) is 0 Å². The Hall–Kier alpha value is -0.690. The van der Waals surface area contributed by atoms with Crippen LogP contribution in [0.4, 0.5) is 4.39 Å². The highest BCUT2D eigenvalue weighted by Gasteiger charge is 2.36. The summed E-state index contributed by atoms with van der Waals surface area (Å²) in [4.78, 5) is 0.0463. The predicted octanol–water partition coefficient (Wildman–Crippen LogP) is 2.45. The number of sulfonamides is 1. The van der Waals surface area contributed by atoms with Gasteiger partial charge in [0.05, 0.1) is 4.90 Å². The summed E-state index contributed by atoms with van der Waals surface area (Å²) in [5.41, 5.74) is 6.48. The van der Waals surface area contributed by atoms with Crippen molar-refractivity contribution in [2.45, 2.75) is 50.1 Å². The first-order chi connectivity index (χ1) is 9.34. The number of benzene rings is 1. The van der Waals surface area contributed by atoms with Gasteiger partial charge in [-0.1, -0.05) is 12.5 Å². The van der Waals surface area contributed by atoms with E-state index in [0.717, 1.165) is 25.3 Å². The van der Waals surface area contributed by atoms with E-state index in [2.05, 4.69) is 0 Å². The molecule has 0 amide bonds. The molecule has 0 radical (unpaired) electrons. The summed E-state index contributed by atoms with van der Waals surface area (Å²) in [6, 6.07) is 3.41. The van der Waals surface area contributed by atoms with Crippen molar-refractivity contribution in [3.63, 3.8) is 0 Å². The van der Waals surface area contributed by atoms with Gasteiger partial charge in [0.15, 0.2) is 0 Å². The molecule has 4 nitrogen and oxygen atoms in total. The molecule has 0 bridgehead atoms. The summed E-state index contributed by atoms with van der Waals surface area (Å²) >= 11 is 0. The third kappa shape index (κ3) is 3.74. The summed E-state index contributed by atoms with van der Waals surface area (Å²) in [7, 11) is -3.70. The Morgan fingerprint density at radius 1 is 1.38 bits per heavy atom. The number of halogens is 2. The van der Waals surface area contributed by atoms with Gasteiger partial charge in [-0.2, -0.15) is 4.31 Å². The highest BCUT2D eigenvalue weighted by Crippen LogP contribution is 2.28. The van der Waals surface area contributed by atoms with Crippen molar-refractivity contribution >= 4 is 22.4 Å². The van der Waals surface area contributed by atoms with Gasteiger partial charge in [-0.15, -0.1) is 12.4 Å². The van der Waals surface area contributed by atoms with Gasteiger partial charge in [0.2, 0.25) is 10.0 Å². The van der Waals surface area contributed by atoms with Gasteiger partial charge < -0.3 is 5.73 Å². The van der Waals surface area contributed by atoms with Crippen LogP contribution in [0.3, 0.4) is 0 Å². The van der Waals surface area contributed by atoms with E-state index in [9.17, 15) is 12.8 Å². The summed E-state index contributed by atoms with van der Waals surface area (Å²) in [5.74, 6) is -0.538. The third-order valence-corrected chi connectivity index (χ3v) is 5.91. The van der Waals surface area contributed by atoms with Crippen molar-refractivity contribution in [2.75, 3.05) is 6.54 Å². The zero-order valence-corrected chi connectivity index (χ0v) is 13.9. The minimum Gasteiger partial charge on any atom is -0.326 e. The number of piperidine rings is 1. The second-order valence-corrected chi connectivity index (χ2v) is 7.31. The smallest absolute Gasteiger partial charge is 0.243 e. The Labute approximate surface area is 132 Å². The molecule has 1 aliphatic heterocycles. The Morgan fingerprint density at radius 2 is 2.05 bits per heavy atom. The quantitative estimate of drug-likeness (QED) is 0.922. The van der Waals surface area contributed by atoms with Crippen LogP contribution in [-0.2, 0) is 10.0 Å². The topological polar surface area (TPSA) is 63.4 Å². The fourth-order valence-corrected chi connectivity index (χ4v) is 4.75. The molecule has 0 aliphatic carbocycles. The maximum absolute atomic E-state index is 13.4. The van der Waals surface area contributed by atoms with E-state index in [1.54, 1.807) is 6.92 Å². The Balaban J connectivity index is 0.00000220. The molecule has 2 atom stereocenters. The van der Waals surface area contributed by atoms with Crippen LogP contribution in [0, 0.1) is 12.7 Å². The first-order valence-corrected chi connectivity index (χ1v) is 8.31. The molecule has 1 fully saturated rings. The van der Waals surface area contributed by atoms with Crippen LogP contribution < -0.4 is 5.73 Å². The van der Waals surface area contributed by atoms with Crippen molar-refractivity contribution in [2.24, 2.45) is 5.73 Å². The maximum atomic E-state index is 13.4. The molecule has 1 aliphatic rings. The van der Waals surface area contributed by atoms with Gasteiger partial charge in [-0.3, -0.25) is 0 Å². The third-order valence-electron chi connectivity index (χ3n) is 3.84. The highest BCUT2D eigenvalue weighted by atomic mass is 35.5. The Kier molecular flexibility index (Phi) is 6.16. The van der Waals surface area contributed by atoms with E-state index in [0.29, 0.717) is 12.1 Å². The molecule has 2 rings (SSSR count). The van der Waals surface area contributed by atoms with Gasteiger partial charge in [0, 0.05) is 18.6 Å². The molecule has 1 aromatic rings. The van der Waals surface area contributed by atoms with Gasteiger partial charge in [0.25, 0.3) is 0 Å². The fourth-order valence-electron chi connectivity index (χ4n) is 2.73. The molecule has 2 unspecified atom stereocenters. The van der Waals surface area contributed by atoms with Crippen LogP contribution in [-0.4, -0.2) is 31.4 Å². The minimum absolute atomic E-state index is 0. The molecule has 0 spiro atoms. The lowest BCUT2D eigenvalue weighted by atomic mass is 10.00. The molecule has 2 N–H and O–H groups in total. The second kappa shape index (κ2) is 7.05. The molecular formula is C14H22ClFN2O2S. The van der Waals surface area contributed by atoms with E-state index in [1.807, 2.05) is 6.92 Å². The molecule has 7 heteroatoms. The number of rotatable bonds is 3. The second-order valence-electron chi connectivity index (χ2n) is 5.45. The number of nitrogens with zero attached hydrogens (tertiary/aromatic N) is 1. The monoisotopic (exact) mass is 336 g/mol. The van der Waals surface area contributed by atoms with Crippen molar-refractivity contribution in [3.8, 4) is 0 Å². The highest BCUT2D eigenvalue weighted by molar-refractivity contribution is 7.89. The minimum atomic E-state index is -3.70. The molecule has 21 heavy (non-hydrogen) atoms. The van der Waals surface area contributed by atoms with E-state index in [-0.39, 0.29) is 29.4 Å². The van der Waals surface area contributed by atoms with Gasteiger partial charge in [-0.05, 0) is 44.4 Å². The number of nitrogens with two attached hydrogens (primary N) is 1. The van der Waals surface area contributed by atoms with Crippen LogP contribution in [0.1, 0.15) is 31.7 Å². The standard InChI is InChI=1S/C14H21FN2O2S.ClH/c1-10-6-7-12(15)9-14(10)20(18,19)17-8-4-3-5-13(17)11(2)16;/h6-7,9,11,13H,3-5,8,16H2,1-2H3;1H. The van der Waals surface area contributed by atoms with Crippen LogP contribution in [0.15, 0.2) is 23.1 Å². The first-order valence-electron chi connectivity index (χ1n) is 6.87. The average molecular weight is 337 g/mol. The number of hydrogen-bond donors (Lipinski definition) is 1. The Bertz CT molecular complexity index is 593. The van der Waals surface area contributed by atoms with Crippen LogP contribution in [0.2, 0.25) is 0 Å². The van der Waals surface area contributed by atoms with Gasteiger partial charge >= 0.3 is 0 Å². The normalized spacial score (nSPS) is 21.6. The van der Waals surface area contributed by atoms with E-state index < -0.39 is 15.8 Å². The van der Waals surface area contributed by atoms with E-state index >= 15 is 0 Å². The molecule has 0 saturated carbocycles. The maximum Gasteiger partial charge on any atom is 0.243 e. The summed E-state index contributed by atoms with van der Waals surface area (Å²) in [6.45, 7) is 3.94. The lowest BCUT2D eigenvalue weighted by Crippen LogP contribution is -2.51. The molecule has 120 valence electrons. The van der Waals surface area contributed by atoms with Crippen molar-refractivity contribution in [3.05, 3.63) is 29.6 Å². The number of aryl methyl sites for hydroxylation is 1. The molecule has 1 heterocycles. The fraction of sp³-hybridized carbons (Fsp3) is 0.571. The van der Waals surface area contributed by atoms with Crippen LogP contribution in [0.25, 0.3) is 0 Å². The molecule has 1 saturated heterocycles. The van der Waals surface area contributed by atoms with Gasteiger partial charge in [-0.25, -0.2) is 12.8 Å². The van der Waals surface area contributed by atoms with E-state index in [1.165, 1.54) is 16.4 Å². The molecular weight excluding hydrogens is 315 g/mol. The van der Waals surface area contributed by atoms with Crippen LogP contribution >= 0.6 is 12.4 Å². The Morgan fingerprint density at radius 3 is 2.67 bits per heavy atom. The summed E-state index contributed by atoms with van der Waals surface area (Å²) < 4.78 is 40.4. The van der Waals surface area contributed by atoms with E-state index in [4.69, 9.17) is 5.73 Å². The largest absolute Gasteiger partial charge is 0.326 e. The zero-order valence-electron chi connectivity index (χ0n) is 12.3. The lowest BCUT2D eigenvalue weighted by Gasteiger charge is -2.37. The van der Waals surface area contributed by atoms with Gasteiger partial charge in [0.1, 0.15) is 5.82 Å². The molecule has 1 aromatic carbocycles.